The number of hydrogen-bond donors (Lipinski definition) is 6. The van der Waals surface area contributed by atoms with Crippen LogP contribution in [0, 0.1) is 17.8 Å². The van der Waals surface area contributed by atoms with Gasteiger partial charge in [-0.25, -0.2) is 9.59 Å². The third-order valence-electron chi connectivity index (χ3n) is 15.4. The molecule has 4 aliphatic heterocycles. The standard InChI is InChI=1S/C58H67NO14S/c1-29(2)13-12-24-56(8)25-23-36-48(72-56)35(21-16-30(3)4)50-42(49(36)71-54(66)33-17-19-34(20-18-33)69-55-47(63)46(62)45(61)40(28-60)70-55)44-43-51(74-41-15-11-10-14-39(41)59-44)37-27-38(31(5)6)58(43,73-50)57(67,52(37)64)26-22-32(7)53(65)68-9/h10-11,13-20,22-23,25,31,37-38,40,45-47,51,55,59-63,67H,12,21,24,26-28H2,1-9H3/b32-22-/t37?,38?,40-,45-,46+,47-,51?,55-,56?,57?,58?/m1/s1. The zero-order valence-electron chi connectivity index (χ0n) is 43.3. The molecule has 16 heteroatoms. The number of carbonyl (C=O) groups excluding carboxylic acids is 3. The summed E-state index contributed by atoms with van der Waals surface area (Å²) in [5.41, 5.74) is 1.20. The van der Waals surface area contributed by atoms with Gasteiger partial charge in [-0.2, -0.15) is 0 Å². The van der Waals surface area contributed by atoms with Crippen molar-refractivity contribution in [3.8, 4) is 23.0 Å². The average Bonchev–Trinajstić information content (AvgIpc) is 3.55. The molecule has 3 saturated carbocycles. The number of ether oxygens (including phenoxy) is 6. The van der Waals surface area contributed by atoms with E-state index in [4.69, 9.17) is 28.4 Å². The van der Waals surface area contributed by atoms with Crippen LogP contribution < -0.4 is 24.3 Å². The Bertz CT molecular complexity index is 2890. The van der Waals surface area contributed by atoms with Crippen LogP contribution in [-0.2, 0) is 25.5 Å². The van der Waals surface area contributed by atoms with Gasteiger partial charge in [0.25, 0.3) is 0 Å². The van der Waals surface area contributed by atoms with Crippen molar-refractivity contribution in [2.75, 3.05) is 19.0 Å². The van der Waals surface area contributed by atoms with Gasteiger partial charge in [0, 0.05) is 45.1 Å². The summed E-state index contributed by atoms with van der Waals surface area (Å²) in [6.45, 7) is 15.2. The van der Waals surface area contributed by atoms with Gasteiger partial charge >= 0.3 is 11.9 Å². The summed E-state index contributed by atoms with van der Waals surface area (Å²) in [7, 11) is 1.28. The van der Waals surface area contributed by atoms with E-state index in [0.717, 1.165) is 16.2 Å². The van der Waals surface area contributed by atoms with Crippen molar-refractivity contribution in [2.24, 2.45) is 17.8 Å². The Morgan fingerprint density at radius 3 is 2.32 bits per heavy atom. The van der Waals surface area contributed by atoms with Crippen LogP contribution in [0.4, 0.5) is 5.69 Å². The van der Waals surface area contributed by atoms with E-state index >= 15 is 4.79 Å². The van der Waals surface area contributed by atoms with Gasteiger partial charge in [0.15, 0.2) is 22.7 Å². The van der Waals surface area contributed by atoms with Gasteiger partial charge < -0.3 is 59.3 Å². The number of nitrogens with one attached hydrogen (secondary N) is 1. The molecule has 6 unspecified atom stereocenters. The molecule has 0 amide bonds. The van der Waals surface area contributed by atoms with Crippen LogP contribution in [0.1, 0.15) is 108 Å². The largest absolute Gasteiger partial charge is 0.482 e. The molecule has 1 saturated heterocycles. The Balaban J connectivity index is 1.27. The molecule has 10 rings (SSSR count). The Morgan fingerprint density at radius 1 is 0.932 bits per heavy atom. The third kappa shape index (κ3) is 9.09. The smallest absolute Gasteiger partial charge is 0.343 e. The molecule has 3 aromatic rings. The monoisotopic (exact) mass is 1030 g/mol. The van der Waals surface area contributed by atoms with Crippen molar-refractivity contribution in [3.63, 3.8) is 0 Å². The van der Waals surface area contributed by atoms with Crippen LogP contribution in [0.5, 0.6) is 23.0 Å². The van der Waals surface area contributed by atoms with E-state index in [1.807, 2.05) is 71.0 Å². The van der Waals surface area contributed by atoms with E-state index in [2.05, 4.69) is 31.3 Å². The van der Waals surface area contributed by atoms with E-state index in [1.165, 1.54) is 48.7 Å². The zero-order chi connectivity index (χ0) is 53.2. The molecule has 4 heterocycles. The topological polar surface area (TPSA) is 220 Å². The average molecular weight is 1030 g/mol. The molecular weight excluding hydrogens is 967 g/mol. The fourth-order valence-electron chi connectivity index (χ4n) is 11.4. The highest BCUT2D eigenvalue weighted by molar-refractivity contribution is 8.00. The normalized spacial score (nSPS) is 30.3. The lowest BCUT2D eigenvalue weighted by Crippen LogP contribution is -2.78. The summed E-state index contributed by atoms with van der Waals surface area (Å²) in [4.78, 5) is 44.1. The van der Waals surface area contributed by atoms with Crippen molar-refractivity contribution in [3.05, 3.63) is 117 Å². The number of allylic oxidation sites excluding steroid dienone is 4. The molecule has 394 valence electrons. The van der Waals surface area contributed by atoms with E-state index < -0.39 is 83.1 Å². The molecule has 0 radical (unpaired) electrons. The van der Waals surface area contributed by atoms with E-state index in [0.29, 0.717) is 59.4 Å². The number of esters is 2. The molecule has 74 heavy (non-hydrogen) atoms. The highest BCUT2D eigenvalue weighted by Crippen LogP contribution is 2.69. The third-order valence-corrected chi connectivity index (χ3v) is 16.8. The molecule has 15 nitrogen and oxygen atoms in total. The van der Waals surface area contributed by atoms with Gasteiger partial charge in [0.2, 0.25) is 6.29 Å². The number of Topliss-reactive ketones (excluding diaryl/α,β-unsaturated/α-hetero) is 1. The van der Waals surface area contributed by atoms with Crippen molar-refractivity contribution >= 4 is 46.9 Å². The van der Waals surface area contributed by atoms with Crippen molar-refractivity contribution in [2.45, 2.75) is 145 Å². The predicted molar refractivity (Wildman–Crippen MR) is 279 cm³/mol. The van der Waals surface area contributed by atoms with E-state index in [1.54, 1.807) is 13.0 Å². The summed E-state index contributed by atoms with van der Waals surface area (Å²) >= 11 is 1.53. The first kappa shape index (κ1) is 53.1. The van der Waals surface area contributed by atoms with Crippen molar-refractivity contribution in [1.82, 2.24) is 0 Å². The summed E-state index contributed by atoms with van der Waals surface area (Å²) in [6.07, 6.45) is 3.97. The van der Waals surface area contributed by atoms with Crippen LogP contribution in [0.15, 0.2) is 100 Å². The number of aliphatic hydroxyl groups is 5. The summed E-state index contributed by atoms with van der Waals surface area (Å²) in [5, 5.41) is 58.0. The molecule has 3 aliphatic carbocycles. The Kier molecular flexibility index (Phi) is 14.7. The number of benzene rings is 3. The summed E-state index contributed by atoms with van der Waals surface area (Å²) < 4.78 is 38.2. The molecular formula is C58H67NO14S. The molecule has 1 spiro atoms. The van der Waals surface area contributed by atoms with E-state index in [9.17, 15) is 35.1 Å². The van der Waals surface area contributed by atoms with Crippen LogP contribution >= 0.6 is 11.8 Å². The van der Waals surface area contributed by atoms with Gasteiger partial charge in [-0.05, 0) is 122 Å². The highest BCUT2D eigenvalue weighted by atomic mass is 32.2. The van der Waals surface area contributed by atoms with Crippen LogP contribution in [0.25, 0.3) is 11.8 Å². The van der Waals surface area contributed by atoms with Gasteiger partial charge in [-0.1, -0.05) is 55.4 Å². The molecule has 11 atom stereocenters. The lowest BCUT2D eigenvalue weighted by molar-refractivity contribution is -0.277. The lowest BCUT2D eigenvalue weighted by Gasteiger charge is -2.64. The minimum atomic E-state index is -2.20. The maximum atomic E-state index is 15.4. The predicted octanol–water partition coefficient (Wildman–Crippen LogP) is 8.05. The number of fused-ring (bicyclic) bond motifs is 6. The van der Waals surface area contributed by atoms with Gasteiger partial charge in [-0.15, -0.1) is 11.8 Å². The number of hydrogen-bond acceptors (Lipinski definition) is 16. The minimum Gasteiger partial charge on any atom is -0.482 e. The van der Waals surface area contributed by atoms with Crippen molar-refractivity contribution < 1.29 is 68.3 Å². The zero-order valence-corrected chi connectivity index (χ0v) is 44.1. The maximum Gasteiger partial charge on any atom is 0.343 e. The molecule has 2 bridgehead atoms. The molecule has 7 aliphatic rings. The Hall–Kier alpha value is -5.72. The second-order valence-corrected chi connectivity index (χ2v) is 22.5. The maximum absolute atomic E-state index is 15.4. The number of aliphatic hydroxyl groups excluding tert-OH is 4. The fraction of sp³-hybridized carbons (Fsp3) is 0.466. The first-order valence-corrected chi connectivity index (χ1v) is 26.2. The molecule has 4 fully saturated rings. The molecule has 0 aromatic heterocycles. The number of thioether (sulfide) groups is 1. The van der Waals surface area contributed by atoms with Crippen molar-refractivity contribution in [1.29, 1.82) is 0 Å². The number of anilines is 1. The number of rotatable bonds is 14. The SMILES string of the molecule is COC(=O)/C(C)=C\CC1(O)C(=O)C2CC(C(C)C)C13Oc1c(CC=C(C)C)c4c(c(OC(=O)c5ccc(O[C@@H]6O[C@H](CO)[C@@H](O)[C@H](O)[C@H]6O)cc5)c1C1=C3C2Sc2ccccc2N1)C=CC(C)(CCC=C(C)C)O4. The summed E-state index contributed by atoms with van der Waals surface area (Å²) in [5.74, 6) is -2.03. The quantitative estimate of drug-likeness (QED) is 0.0389. The van der Waals surface area contributed by atoms with E-state index in [-0.39, 0.29) is 46.5 Å². The fourth-order valence-corrected chi connectivity index (χ4v) is 12.9. The number of para-hydroxylation sites is 1. The highest BCUT2D eigenvalue weighted by Gasteiger charge is 2.76. The number of carbonyl (C=O) groups is 3. The van der Waals surface area contributed by atoms with Crippen LogP contribution in [-0.4, -0.2) is 110 Å². The minimum absolute atomic E-state index is 0.109. The first-order chi connectivity index (χ1) is 35.2. The number of methoxy groups -OCH3 is 1. The molecule has 6 N–H and O–H groups in total. The van der Waals surface area contributed by atoms with Crippen LogP contribution in [0.2, 0.25) is 0 Å². The van der Waals surface area contributed by atoms with Gasteiger partial charge in [0.05, 0.1) is 41.8 Å². The second-order valence-electron chi connectivity index (χ2n) is 21.3. The molecule has 3 aromatic carbocycles. The van der Waals surface area contributed by atoms with Crippen LogP contribution in [0.3, 0.4) is 0 Å². The Morgan fingerprint density at radius 2 is 1.65 bits per heavy atom. The number of ketones is 1. The van der Waals surface area contributed by atoms with Gasteiger partial charge in [-0.3, -0.25) is 4.79 Å². The van der Waals surface area contributed by atoms with Gasteiger partial charge in [0.1, 0.15) is 47.3 Å². The Labute approximate surface area is 435 Å². The first-order valence-electron chi connectivity index (χ1n) is 25.3. The summed E-state index contributed by atoms with van der Waals surface area (Å²) in [6, 6.07) is 13.7. The second kappa shape index (κ2) is 20.4. The lowest BCUT2D eigenvalue weighted by atomic mass is 9.47.